The van der Waals surface area contributed by atoms with Gasteiger partial charge < -0.3 is 9.64 Å². The fourth-order valence-electron chi connectivity index (χ4n) is 2.44. The third-order valence-corrected chi connectivity index (χ3v) is 3.55. The van der Waals surface area contributed by atoms with Crippen LogP contribution in [0.3, 0.4) is 0 Å². The molecule has 2 rings (SSSR count). The van der Waals surface area contributed by atoms with Crippen molar-refractivity contribution in [3.05, 3.63) is 42.0 Å². The minimum atomic E-state index is 0.132. The molecule has 0 unspecified atom stereocenters. The first-order chi connectivity index (χ1) is 9.20. The zero-order chi connectivity index (χ0) is 13.7. The molecule has 19 heavy (non-hydrogen) atoms. The summed E-state index contributed by atoms with van der Waals surface area (Å²) in [5.41, 5.74) is 1.13. The van der Waals surface area contributed by atoms with Gasteiger partial charge in [-0.2, -0.15) is 0 Å². The summed E-state index contributed by atoms with van der Waals surface area (Å²) in [6.45, 7) is 2.31. The van der Waals surface area contributed by atoms with E-state index in [0.29, 0.717) is 6.54 Å². The Morgan fingerprint density at radius 2 is 2.11 bits per heavy atom. The number of nitrogens with zero attached hydrogens (tertiary/aromatic N) is 1. The van der Waals surface area contributed by atoms with Crippen LogP contribution in [0.4, 0.5) is 0 Å². The van der Waals surface area contributed by atoms with E-state index in [9.17, 15) is 4.79 Å². The van der Waals surface area contributed by atoms with Crippen LogP contribution in [-0.2, 0) is 11.3 Å². The molecule has 1 amide bonds. The Bertz CT molecular complexity index is 450. The van der Waals surface area contributed by atoms with Crippen LogP contribution in [0.2, 0.25) is 0 Å². The molecule has 0 fully saturated rings. The molecular weight excluding hydrogens is 238 g/mol. The molecule has 0 heterocycles. The van der Waals surface area contributed by atoms with Crippen LogP contribution in [-0.4, -0.2) is 24.0 Å². The third-order valence-electron chi connectivity index (χ3n) is 3.55. The van der Waals surface area contributed by atoms with Crippen molar-refractivity contribution in [3.63, 3.8) is 0 Å². The topological polar surface area (TPSA) is 29.5 Å². The normalized spacial score (nSPS) is 18.1. The molecule has 0 aromatic heterocycles. The second-order valence-corrected chi connectivity index (χ2v) is 4.92. The highest BCUT2D eigenvalue weighted by Crippen LogP contribution is 2.20. The molecule has 0 aliphatic heterocycles. The summed E-state index contributed by atoms with van der Waals surface area (Å²) in [5.74, 6) is 0.975. The van der Waals surface area contributed by atoms with Crippen molar-refractivity contribution in [2.24, 2.45) is 0 Å². The van der Waals surface area contributed by atoms with Gasteiger partial charge in [-0.1, -0.05) is 24.3 Å². The van der Waals surface area contributed by atoms with Crippen LogP contribution < -0.4 is 4.74 Å². The Labute approximate surface area is 114 Å². The number of hydrogen-bond donors (Lipinski definition) is 0. The second-order valence-electron chi connectivity index (χ2n) is 4.92. The third kappa shape index (κ3) is 3.60. The van der Waals surface area contributed by atoms with Gasteiger partial charge in [0.2, 0.25) is 5.91 Å². The maximum absolute atomic E-state index is 11.8. The van der Waals surface area contributed by atoms with Crippen LogP contribution in [0.1, 0.15) is 31.7 Å². The van der Waals surface area contributed by atoms with E-state index in [2.05, 4.69) is 12.2 Å². The second kappa shape index (κ2) is 6.41. The molecule has 1 aliphatic rings. The van der Waals surface area contributed by atoms with Crippen molar-refractivity contribution in [2.45, 2.75) is 38.8 Å². The first-order valence-corrected chi connectivity index (χ1v) is 6.77. The molecule has 3 heteroatoms. The quantitative estimate of drug-likeness (QED) is 0.777. The lowest BCUT2D eigenvalue weighted by Crippen LogP contribution is -2.37. The molecule has 1 aromatic rings. The summed E-state index contributed by atoms with van der Waals surface area (Å²) in [7, 11) is 1.66. The molecule has 3 nitrogen and oxygen atoms in total. The Morgan fingerprint density at radius 3 is 2.63 bits per heavy atom. The van der Waals surface area contributed by atoms with Crippen LogP contribution in [0, 0.1) is 0 Å². The van der Waals surface area contributed by atoms with Crippen molar-refractivity contribution >= 4 is 5.91 Å². The minimum absolute atomic E-state index is 0.132. The van der Waals surface area contributed by atoms with Crippen molar-refractivity contribution in [1.82, 2.24) is 4.90 Å². The zero-order valence-electron chi connectivity index (χ0n) is 11.6. The van der Waals surface area contributed by atoms with E-state index in [1.165, 1.54) is 0 Å². The van der Waals surface area contributed by atoms with Gasteiger partial charge in [0.15, 0.2) is 0 Å². The summed E-state index contributed by atoms with van der Waals surface area (Å²) in [4.78, 5) is 13.8. The van der Waals surface area contributed by atoms with E-state index in [1.54, 1.807) is 14.0 Å². The summed E-state index contributed by atoms with van der Waals surface area (Å²) >= 11 is 0. The van der Waals surface area contributed by atoms with E-state index in [1.807, 2.05) is 29.2 Å². The van der Waals surface area contributed by atoms with Gasteiger partial charge in [0.25, 0.3) is 0 Å². The zero-order valence-corrected chi connectivity index (χ0v) is 11.6. The fourth-order valence-corrected chi connectivity index (χ4v) is 2.44. The predicted octanol–water partition coefficient (Wildman–Crippen LogP) is 3.15. The lowest BCUT2D eigenvalue weighted by Gasteiger charge is -2.30. The van der Waals surface area contributed by atoms with E-state index in [0.717, 1.165) is 30.6 Å². The Hall–Kier alpha value is -1.77. The Kier molecular flexibility index (Phi) is 4.61. The van der Waals surface area contributed by atoms with E-state index in [4.69, 9.17) is 4.74 Å². The lowest BCUT2D eigenvalue weighted by atomic mass is 10.0. The molecule has 0 bridgehead atoms. The fraction of sp³-hybridized carbons (Fsp3) is 0.438. The lowest BCUT2D eigenvalue weighted by molar-refractivity contribution is -0.131. The first-order valence-electron chi connectivity index (χ1n) is 6.77. The van der Waals surface area contributed by atoms with Gasteiger partial charge in [-0.3, -0.25) is 4.79 Å². The van der Waals surface area contributed by atoms with E-state index < -0.39 is 0 Å². The maximum atomic E-state index is 11.8. The minimum Gasteiger partial charge on any atom is -0.497 e. The van der Waals surface area contributed by atoms with Crippen LogP contribution in [0.25, 0.3) is 0 Å². The summed E-state index contributed by atoms with van der Waals surface area (Å²) in [6.07, 6.45) is 7.69. The molecule has 0 N–H and O–H groups in total. The highest BCUT2D eigenvalue weighted by molar-refractivity contribution is 5.74. The maximum Gasteiger partial charge on any atom is 0.220 e. The monoisotopic (exact) mass is 259 g/mol. The molecule has 1 aliphatic carbocycles. The molecule has 0 spiro atoms. The largest absolute Gasteiger partial charge is 0.497 e. The van der Waals surface area contributed by atoms with Crippen molar-refractivity contribution in [2.75, 3.05) is 7.11 Å². The Morgan fingerprint density at radius 1 is 1.37 bits per heavy atom. The first kappa shape index (κ1) is 13.7. The molecular formula is C16H21NO2. The number of hydrogen-bond acceptors (Lipinski definition) is 2. The summed E-state index contributed by atoms with van der Waals surface area (Å²) in [5, 5.41) is 0. The van der Waals surface area contributed by atoms with E-state index >= 15 is 0 Å². The number of carbonyl (C=O) groups is 1. The van der Waals surface area contributed by atoms with Crippen LogP contribution >= 0.6 is 0 Å². The van der Waals surface area contributed by atoms with Crippen molar-refractivity contribution in [3.8, 4) is 5.75 Å². The van der Waals surface area contributed by atoms with Crippen molar-refractivity contribution < 1.29 is 9.53 Å². The molecule has 102 valence electrons. The standard InChI is InChI=1S/C16H21NO2/c1-13(18)17(15-6-4-3-5-7-15)12-14-8-10-16(19-2)11-9-14/h4,6,8-11,15H,3,5,7,12H2,1-2H3/t15-/m0/s1. The van der Waals surface area contributed by atoms with Crippen molar-refractivity contribution in [1.29, 1.82) is 0 Å². The smallest absolute Gasteiger partial charge is 0.220 e. The highest BCUT2D eigenvalue weighted by Gasteiger charge is 2.20. The molecule has 0 radical (unpaired) electrons. The highest BCUT2D eigenvalue weighted by atomic mass is 16.5. The van der Waals surface area contributed by atoms with Gasteiger partial charge in [0.1, 0.15) is 5.75 Å². The number of carbonyl (C=O) groups excluding carboxylic acids is 1. The van der Waals surface area contributed by atoms with Gasteiger partial charge in [-0.15, -0.1) is 0 Å². The number of benzene rings is 1. The molecule has 0 saturated heterocycles. The van der Waals surface area contributed by atoms with Crippen LogP contribution in [0.15, 0.2) is 36.4 Å². The number of allylic oxidation sites excluding steroid dienone is 1. The van der Waals surface area contributed by atoms with E-state index in [-0.39, 0.29) is 11.9 Å². The number of ether oxygens (including phenoxy) is 1. The predicted molar refractivity (Wildman–Crippen MR) is 76.0 cm³/mol. The van der Waals surface area contributed by atoms with Gasteiger partial charge in [-0.25, -0.2) is 0 Å². The number of rotatable bonds is 4. The Balaban J connectivity index is 2.09. The average molecular weight is 259 g/mol. The van der Waals surface area contributed by atoms with Gasteiger partial charge in [0, 0.05) is 13.5 Å². The van der Waals surface area contributed by atoms with Gasteiger partial charge >= 0.3 is 0 Å². The SMILES string of the molecule is COc1ccc(CN(C(C)=O)[C@H]2C=CCCC2)cc1. The van der Waals surface area contributed by atoms with Gasteiger partial charge in [-0.05, 0) is 37.0 Å². The number of methoxy groups -OCH3 is 1. The molecule has 0 saturated carbocycles. The number of amides is 1. The summed E-state index contributed by atoms with van der Waals surface area (Å²) < 4.78 is 5.15. The molecule has 1 atom stereocenters. The average Bonchev–Trinajstić information content (AvgIpc) is 2.46. The van der Waals surface area contributed by atoms with Crippen LogP contribution in [0.5, 0.6) is 5.75 Å². The summed E-state index contributed by atoms with van der Waals surface area (Å²) in [6, 6.07) is 8.14. The molecule has 1 aromatic carbocycles. The van der Waals surface area contributed by atoms with Gasteiger partial charge in [0.05, 0.1) is 13.2 Å².